The fourth-order valence-electron chi connectivity index (χ4n) is 3.20. The number of nitrogens with zero attached hydrogens (tertiary/aromatic N) is 1. The Morgan fingerprint density at radius 1 is 1.12 bits per heavy atom. The van der Waals surface area contributed by atoms with Gasteiger partial charge in [-0.2, -0.15) is 0 Å². The summed E-state index contributed by atoms with van der Waals surface area (Å²) in [7, 11) is 1.54. The molecule has 1 saturated heterocycles. The van der Waals surface area contributed by atoms with Crippen molar-refractivity contribution in [3.63, 3.8) is 0 Å². The maximum Gasteiger partial charge on any atom is 0.270 e. The number of para-hydroxylation sites is 2. The molecule has 0 bridgehead atoms. The molecule has 172 valence electrons. The van der Waals surface area contributed by atoms with E-state index in [1.807, 2.05) is 6.07 Å². The molecule has 0 saturated carbocycles. The first kappa shape index (κ1) is 23.8. The van der Waals surface area contributed by atoms with Gasteiger partial charge in [0, 0.05) is 5.02 Å². The van der Waals surface area contributed by atoms with Gasteiger partial charge in [-0.1, -0.05) is 65.9 Å². The van der Waals surface area contributed by atoms with E-state index >= 15 is 0 Å². The standard InChI is InChI=1S/C25H19ClN2O4S2/c1-31-21-8-3-2-7-20(21)27-23(29)15-32-19-11-9-16(10-12-19)13-22-24(30)28(25(33)34-22)18-6-4-5-17(26)14-18/h2-14H,15H2,1H3,(H,27,29)/b22-13+. The number of carbonyl (C=O) groups excluding carboxylic acids is 2. The van der Waals surface area contributed by atoms with Crippen molar-refractivity contribution in [2.24, 2.45) is 0 Å². The van der Waals surface area contributed by atoms with E-state index in [-0.39, 0.29) is 18.4 Å². The summed E-state index contributed by atoms with van der Waals surface area (Å²) in [5.74, 6) is 0.587. The normalized spacial score (nSPS) is 14.4. The number of thiocarbonyl (C=S) groups is 1. The highest BCUT2D eigenvalue weighted by molar-refractivity contribution is 8.27. The lowest BCUT2D eigenvalue weighted by atomic mass is 10.2. The first-order chi connectivity index (χ1) is 16.4. The van der Waals surface area contributed by atoms with Gasteiger partial charge in [0.25, 0.3) is 11.8 Å². The molecular formula is C25H19ClN2O4S2. The van der Waals surface area contributed by atoms with E-state index in [4.69, 9.17) is 33.3 Å². The third kappa shape index (κ3) is 5.59. The summed E-state index contributed by atoms with van der Waals surface area (Å²) in [5, 5.41) is 3.29. The van der Waals surface area contributed by atoms with E-state index in [1.165, 1.54) is 16.7 Å². The van der Waals surface area contributed by atoms with Crippen molar-refractivity contribution >= 4 is 69.2 Å². The highest BCUT2D eigenvalue weighted by atomic mass is 35.5. The number of anilines is 2. The number of hydrogen-bond donors (Lipinski definition) is 1. The van der Waals surface area contributed by atoms with Crippen LogP contribution in [0.5, 0.6) is 11.5 Å². The summed E-state index contributed by atoms with van der Waals surface area (Å²) in [6, 6.07) is 21.2. The Balaban J connectivity index is 1.37. The monoisotopic (exact) mass is 510 g/mol. The first-order valence-electron chi connectivity index (χ1n) is 10.1. The van der Waals surface area contributed by atoms with Crippen molar-refractivity contribution < 1.29 is 19.1 Å². The predicted molar refractivity (Wildman–Crippen MR) is 141 cm³/mol. The molecule has 34 heavy (non-hydrogen) atoms. The Labute approximate surface area is 211 Å². The van der Waals surface area contributed by atoms with Crippen LogP contribution in [0.3, 0.4) is 0 Å². The molecule has 3 aromatic rings. The van der Waals surface area contributed by atoms with Gasteiger partial charge in [0.1, 0.15) is 11.5 Å². The van der Waals surface area contributed by atoms with Crippen LogP contribution < -0.4 is 19.7 Å². The molecule has 0 spiro atoms. The Hall–Kier alpha value is -3.33. The Bertz CT molecular complexity index is 1280. The van der Waals surface area contributed by atoms with Crippen LogP contribution >= 0.6 is 35.6 Å². The SMILES string of the molecule is COc1ccccc1NC(=O)COc1ccc(/C=C2/SC(=S)N(c3cccc(Cl)c3)C2=O)cc1. The molecule has 0 unspecified atom stereocenters. The number of thioether (sulfide) groups is 1. The third-order valence-electron chi connectivity index (χ3n) is 4.79. The van der Waals surface area contributed by atoms with Crippen molar-refractivity contribution in [3.05, 3.63) is 88.3 Å². The molecule has 1 N–H and O–H groups in total. The summed E-state index contributed by atoms with van der Waals surface area (Å²) in [6.45, 7) is -0.157. The van der Waals surface area contributed by atoms with Gasteiger partial charge in [-0.25, -0.2) is 0 Å². The van der Waals surface area contributed by atoms with Crippen molar-refractivity contribution in [1.29, 1.82) is 0 Å². The lowest BCUT2D eigenvalue weighted by Crippen LogP contribution is -2.27. The lowest BCUT2D eigenvalue weighted by molar-refractivity contribution is -0.118. The number of hydrogen-bond acceptors (Lipinski definition) is 6. The van der Waals surface area contributed by atoms with Crippen LogP contribution in [0, 0.1) is 0 Å². The van der Waals surface area contributed by atoms with Crippen molar-refractivity contribution in [2.45, 2.75) is 0 Å². The van der Waals surface area contributed by atoms with Crippen LogP contribution in [0.2, 0.25) is 5.02 Å². The number of halogens is 1. The summed E-state index contributed by atoms with van der Waals surface area (Å²) >= 11 is 12.7. The zero-order valence-electron chi connectivity index (χ0n) is 18.0. The number of benzene rings is 3. The number of methoxy groups -OCH3 is 1. The van der Waals surface area contributed by atoms with E-state index in [9.17, 15) is 9.59 Å². The van der Waals surface area contributed by atoms with Crippen LogP contribution in [0.1, 0.15) is 5.56 Å². The van der Waals surface area contributed by atoms with E-state index in [1.54, 1.807) is 79.9 Å². The molecule has 0 aliphatic carbocycles. The summed E-state index contributed by atoms with van der Waals surface area (Å²) in [4.78, 5) is 27.1. The minimum absolute atomic E-state index is 0.157. The van der Waals surface area contributed by atoms with Crippen LogP contribution in [-0.4, -0.2) is 29.9 Å². The molecule has 4 rings (SSSR count). The number of carbonyl (C=O) groups is 2. The number of rotatable bonds is 7. The summed E-state index contributed by atoms with van der Waals surface area (Å²) < 4.78 is 11.2. The maximum atomic E-state index is 12.9. The van der Waals surface area contributed by atoms with Gasteiger partial charge in [-0.15, -0.1) is 0 Å². The number of nitrogens with one attached hydrogen (secondary N) is 1. The van der Waals surface area contributed by atoms with E-state index < -0.39 is 0 Å². The van der Waals surface area contributed by atoms with E-state index in [0.29, 0.717) is 37.1 Å². The van der Waals surface area contributed by atoms with Gasteiger partial charge in [0.15, 0.2) is 10.9 Å². The van der Waals surface area contributed by atoms with Gasteiger partial charge in [-0.3, -0.25) is 14.5 Å². The van der Waals surface area contributed by atoms with Crippen LogP contribution in [0.4, 0.5) is 11.4 Å². The van der Waals surface area contributed by atoms with E-state index in [0.717, 1.165) is 5.56 Å². The predicted octanol–water partition coefficient (Wildman–Crippen LogP) is 5.77. The lowest BCUT2D eigenvalue weighted by Gasteiger charge is -2.14. The molecule has 0 atom stereocenters. The second kappa shape index (κ2) is 10.7. The zero-order chi connectivity index (χ0) is 24.1. The van der Waals surface area contributed by atoms with Crippen molar-refractivity contribution in [1.82, 2.24) is 0 Å². The average Bonchev–Trinajstić information content (AvgIpc) is 3.11. The smallest absolute Gasteiger partial charge is 0.270 e. The summed E-state index contributed by atoms with van der Waals surface area (Å²) in [6.07, 6.45) is 1.77. The first-order valence-corrected chi connectivity index (χ1v) is 11.7. The zero-order valence-corrected chi connectivity index (χ0v) is 20.4. The Morgan fingerprint density at radius 3 is 2.62 bits per heavy atom. The van der Waals surface area contributed by atoms with Crippen LogP contribution in [0.15, 0.2) is 77.7 Å². The molecule has 6 nitrogen and oxygen atoms in total. The number of ether oxygens (including phenoxy) is 2. The molecule has 1 fully saturated rings. The van der Waals surface area contributed by atoms with Crippen LogP contribution in [-0.2, 0) is 9.59 Å². The quantitative estimate of drug-likeness (QED) is 0.321. The second-order valence-electron chi connectivity index (χ2n) is 7.10. The molecule has 0 aromatic heterocycles. The van der Waals surface area contributed by atoms with Crippen LogP contribution in [0.25, 0.3) is 6.08 Å². The van der Waals surface area contributed by atoms with Gasteiger partial charge in [-0.05, 0) is 54.1 Å². The molecule has 0 radical (unpaired) electrons. The highest BCUT2D eigenvalue weighted by Gasteiger charge is 2.33. The number of amides is 2. The molecule has 1 aliphatic heterocycles. The fraction of sp³-hybridized carbons (Fsp3) is 0.0800. The average molecular weight is 511 g/mol. The fourth-order valence-corrected chi connectivity index (χ4v) is 4.68. The van der Waals surface area contributed by atoms with Gasteiger partial charge in [0.05, 0.1) is 23.4 Å². The highest BCUT2D eigenvalue weighted by Crippen LogP contribution is 2.36. The molecule has 3 aromatic carbocycles. The molecule has 9 heteroatoms. The van der Waals surface area contributed by atoms with Gasteiger partial charge < -0.3 is 14.8 Å². The molecule has 1 aliphatic rings. The second-order valence-corrected chi connectivity index (χ2v) is 9.22. The van der Waals surface area contributed by atoms with Crippen molar-refractivity contribution in [2.75, 3.05) is 23.9 Å². The van der Waals surface area contributed by atoms with Gasteiger partial charge >= 0.3 is 0 Å². The van der Waals surface area contributed by atoms with E-state index in [2.05, 4.69) is 5.32 Å². The topological polar surface area (TPSA) is 67.9 Å². The summed E-state index contributed by atoms with van der Waals surface area (Å²) in [5.41, 5.74) is 2.01. The Morgan fingerprint density at radius 2 is 1.88 bits per heavy atom. The van der Waals surface area contributed by atoms with Crippen molar-refractivity contribution in [3.8, 4) is 11.5 Å². The maximum absolute atomic E-state index is 12.9. The minimum Gasteiger partial charge on any atom is -0.495 e. The molecule has 1 heterocycles. The third-order valence-corrected chi connectivity index (χ3v) is 6.33. The molecular weight excluding hydrogens is 492 g/mol. The minimum atomic E-state index is -0.307. The molecule has 2 amide bonds. The Kier molecular flexibility index (Phi) is 7.52. The largest absolute Gasteiger partial charge is 0.495 e. The van der Waals surface area contributed by atoms with Gasteiger partial charge in [0.2, 0.25) is 0 Å².